The van der Waals surface area contributed by atoms with E-state index in [-0.39, 0.29) is 23.4 Å². The van der Waals surface area contributed by atoms with Crippen LogP contribution in [0.5, 0.6) is 0 Å². The molecule has 2 aromatic carbocycles. The molecule has 1 aliphatic rings. The van der Waals surface area contributed by atoms with Crippen molar-refractivity contribution in [3.05, 3.63) is 88.2 Å². The van der Waals surface area contributed by atoms with Crippen molar-refractivity contribution in [2.75, 3.05) is 32.5 Å². The van der Waals surface area contributed by atoms with Crippen molar-refractivity contribution in [3.8, 4) is 11.8 Å². The molecule has 1 atom stereocenters. The number of fused-ring (bicyclic) bond motifs is 1. The van der Waals surface area contributed by atoms with Crippen LogP contribution in [0.4, 0.5) is 18.9 Å². The number of nitrogens with one attached hydrogen (secondary N) is 2. The van der Waals surface area contributed by atoms with Gasteiger partial charge >= 0.3 is 6.18 Å². The molecule has 40 heavy (non-hydrogen) atoms. The van der Waals surface area contributed by atoms with Crippen LogP contribution in [0.1, 0.15) is 44.7 Å². The van der Waals surface area contributed by atoms with Gasteiger partial charge in [0.2, 0.25) is 0 Å². The van der Waals surface area contributed by atoms with Crippen molar-refractivity contribution in [3.63, 3.8) is 0 Å². The molecule has 4 aromatic rings. The van der Waals surface area contributed by atoms with Crippen molar-refractivity contribution < 1.29 is 18.0 Å². The molecule has 2 N–H and O–H groups in total. The van der Waals surface area contributed by atoms with Gasteiger partial charge in [-0.2, -0.15) is 18.3 Å². The minimum Gasteiger partial charge on any atom is -0.322 e. The van der Waals surface area contributed by atoms with E-state index in [9.17, 15) is 18.0 Å². The summed E-state index contributed by atoms with van der Waals surface area (Å²) in [7, 11) is 3.96. The number of aryl methyl sites for hydroxylation is 1. The number of carbonyl (C=O) groups excluding carboxylic acids is 1. The number of hydrogen-bond acceptors (Lipinski definition) is 5. The molecule has 5 rings (SSSR count). The van der Waals surface area contributed by atoms with Crippen LogP contribution < -0.4 is 5.32 Å². The zero-order chi connectivity index (χ0) is 28.4. The number of benzene rings is 2. The van der Waals surface area contributed by atoms with Gasteiger partial charge in [-0.1, -0.05) is 18.1 Å². The van der Waals surface area contributed by atoms with Crippen LogP contribution in [0.15, 0.2) is 54.7 Å². The number of rotatable bonds is 5. The van der Waals surface area contributed by atoms with Crippen molar-refractivity contribution in [1.82, 2.24) is 25.0 Å². The van der Waals surface area contributed by atoms with Gasteiger partial charge in [-0.3, -0.25) is 14.8 Å². The minimum atomic E-state index is -4.55. The summed E-state index contributed by atoms with van der Waals surface area (Å²) in [6.07, 6.45) is -1.98. The molecule has 10 heteroatoms. The molecule has 2 aromatic heterocycles. The molecule has 1 saturated heterocycles. The third kappa shape index (κ3) is 6.01. The molecule has 0 saturated carbocycles. The molecule has 0 radical (unpaired) electrons. The van der Waals surface area contributed by atoms with Gasteiger partial charge in [0.05, 0.1) is 10.9 Å². The van der Waals surface area contributed by atoms with E-state index in [2.05, 4.69) is 37.2 Å². The maximum Gasteiger partial charge on any atom is 0.416 e. The number of H-pyrrole nitrogens is 1. The average molecular weight is 547 g/mol. The molecule has 7 nitrogen and oxygen atoms in total. The number of halogens is 3. The van der Waals surface area contributed by atoms with Crippen molar-refractivity contribution in [2.24, 2.45) is 0 Å². The number of nitrogens with zero attached hydrogens (tertiary/aromatic N) is 4. The Labute approximate surface area is 230 Å². The molecule has 3 heterocycles. The molecule has 206 valence electrons. The summed E-state index contributed by atoms with van der Waals surface area (Å²) < 4.78 is 42.0. The average Bonchev–Trinajstić information content (AvgIpc) is 3.56. The third-order valence-corrected chi connectivity index (χ3v) is 7.20. The highest BCUT2D eigenvalue weighted by molar-refractivity contribution is 6.04. The van der Waals surface area contributed by atoms with Gasteiger partial charge in [-0.15, -0.1) is 0 Å². The fourth-order valence-corrected chi connectivity index (χ4v) is 4.85. The summed E-state index contributed by atoms with van der Waals surface area (Å²) in [5.74, 6) is 5.58. The summed E-state index contributed by atoms with van der Waals surface area (Å²) in [6.45, 7) is 3.53. The van der Waals surface area contributed by atoms with E-state index < -0.39 is 17.6 Å². The number of likely N-dealkylation sites (N-methyl/N-ethyl adjacent to an activating group) is 1. The van der Waals surface area contributed by atoms with Crippen molar-refractivity contribution >= 4 is 22.6 Å². The molecule has 0 spiro atoms. The zero-order valence-corrected chi connectivity index (χ0v) is 22.4. The van der Waals surface area contributed by atoms with Gasteiger partial charge in [0, 0.05) is 48.7 Å². The topological polar surface area (TPSA) is 77.2 Å². The Kier molecular flexibility index (Phi) is 7.61. The van der Waals surface area contributed by atoms with Crippen molar-refractivity contribution in [1.29, 1.82) is 0 Å². The van der Waals surface area contributed by atoms with Gasteiger partial charge < -0.3 is 10.2 Å². The highest BCUT2D eigenvalue weighted by Crippen LogP contribution is 2.35. The van der Waals surface area contributed by atoms with Crippen molar-refractivity contribution in [2.45, 2.75) is 32.1 Å². The van der Waals surface area contributed by atoms with E-state index in [0.717, 1.165) is 36.5 Å². The molecule has 1 aliphatic heterocycles. The zero-order valence-electron chi connectivity index (χ0n) is 22.4. The monoisotopic (exact) mass is 546 g/mol. The second-order valence-corrected chi connectivity index (χ2v) is 10.2. The normalized spacial score (nSPS) is 15.8. The summed E-state index contributed by atoms with van der Waals surface area (Å²) >= 11 is 0. The predicted octanol–water partition coefficient (Wildman–Crippen LogP) is 5.07. The SMILES string of the molecule is Cc1ccc(C(=O)Nc2ccc(CN3CCC(N(C)C)C3)c(C(F)(F)F)c2)cc1C#Cc1[nH]nc2ncccc12. The molecule has 0 aliphatic carbocycles. The van der Waals surface area contributed by atoms with Crippen LogP contribution in [-0.2, 0) is 12.7 Å². The quantitative estimate of drug-likeness (QED) is 0.342. The molecular weight excluding hydrogens is 517 g/mol. The second-order valence-electron chi connectivity index (χ2n) is 10.2. The fourth-order valence-electron chi connectivity index (χ4n) is 4.85. The van der Waals surface area contributed by atoms with E-state index >= 15 is 0 Å². The van der Waals surface area contributed by atoms with E-state index in [1.54, 1.807) is 30.5 Å². The molecule has 1 fully saturated rings. The first-order chi connectivity index (χ1) is 19.1. The Morgan fingerprint density at radius 2 is 2.00 bits per heavy atom. The van der Waals surface area contributed by atoms with Crippen LogP contribution in [-0.4, -0.2) is 64.1 Å². The van der Waals surface area contributed by atoms with Crippen LogP contribution in [0.2, 0.25) is 0 Å². The van der Waals surface area contributed by atoms with E-state index in [0.29, 0.717) is 22.9 Å². The number of amides is 1. The first-order valence-corrected chi connectivity index (χ1v) is 12.9. The maximum atomic E-state index is 14.0. The Bertz CT molecular complexity index is 1620. The van der Waals surface area contributed by atoms with Gasteiger partial charge in [0.15, 0.2) is 5.65 Å². The van der Waals surface area contributed by atoms with Crippen LogP contribution in [0.3, 0.4) is 0 Å². The molecular formula is C30H29F3N6O. The minimum absolute atomic E-state index is 0.0818. The number of aromatic amines is 1. The number of carbonyl (C=O) groups is 1. The Morgan fingerprint density at radius 3 is 2.75 bits per heavy atom. The van der Waals surface area contributed by atoms with E-state index in [1.165, 1.54) is 12.1 Å². The lowest BCUT2D eigenvalue weighted by Gasteiger charge is -2.22. The molecule has 0 bridgehead atoms. The second kappa shape index (κ2) is 11.1. The van der Waals surface area contributed by atoms with Crippen LogP contribution in [0.25, 0.3) is 11.0 Å². The first kappa shape index (κ1) is 27.4. The van der Waals surface area contributed by atoms with Crippen LogP contribution >= 0.6 is 0 Å². The number of hydrogen-bond donors (Lipinski definition) is 2. The van der Waals surface area contributed by atoms with Gasteiger partial charge in [-0.25, -0.2) is 4.98 Å². The number of pyridine rings is 1. The summed E-state index contributed by atoms with van der Waals surface area (Å²) in [4.78, 5) is 21.3. The smallest absolute Gasteiger partial charge is 0.322 e. The molecule has 1 unspecified atom stereocenters. The summed E-state index contributed by atoms with van der Waals surface area (Å²) in [5, 5.41) is 10.4. The lowest BCUT2D eigenvalue weighted by Crippen LogP contribution is -2.31. The largest absolute Gasteiger partial charge is 0.416 e. The highest BCUT2D eigenvalue weighted by Gasteiger charge is 2.35. The standard InChI is InChI=1S/C30H29F3N6O/c1-19-6-7-21(15-20(19)9-11-27-25-5-4-13-34-28(25)37-36-27)29(40)35-23-10-8-22(26(16-23)30(31,32)33)17-39-14-12-24(18-39)38(2)3/h4-8,10,13,15-16,24H,12,14,17-18H2,1-3H3,(H,35,40)(H,34,36,37). The Balaban J connectivity index is 1.34. The van der Waals surface area contributed by atoms with Gasteiger partial charge in [0.1, 0.15) is 5.69 Å². The lowest BCUT2D eigenvalue weighted by atomic mass is 10.0. The predicted molar refractivity (Wildman–Crippen MR) is 148 cm³/mol. The number of alkyl halides is 3. The third-order valence-electron chi connectivity index (χ3n) is 7.20. The van der Waals surface area contributed by atoms with E-state index in [4.69, 9.17) is 0 Å². The lowest BCUT2D eigenvalue weighted by molar-refractivity contribution is -0.138. The van der Waals surface area contributed by atoms with E-state index in [1.807, 2.05) is 32.0 Å². The molecule has 1 amide bonds. The van der Waals surface area contributed by atoms with Gasteiger partial charge in [-0.05, 0) is 80.9 Å². The summed E-state index contributed by atoms with van der Waals surface area (Å²) in [6, 6.07) is 13.0. The van der Waals surface area contributed by atoms with Crippen LogP contribution in [0, 0.1) is 18.8 Å². The number of aromatic nitrogens is 3. The number of anilines is 1. The summed E-state index contributed by atoms with van der Waals surface area (Å²) in [5.41, 5.74) is 2.45. The maximum absolute atomic E-state index is 14.0. The van der Waals surface area contributed by atoms with Gasteiger partial charge in [0.25, 0.3) is 5.91 Å². The Morgan fingerprint density at radius 1 is 1.18 bits per heavy atom. The number of likely N-dealkylation sites (tertiary alicyclic amines) is 1. The highest BCUT2D eigenvalue weighted by atomic mass is 19.4. The fraction of sp³-hybridized carbons (Fsp3) is 0.300. The first-order valence-electron chi connectivity index (χ1n) is 12.9. The Hall–Kier alpha value is -4.20.